The molecule has 0 fully saturated rings. The largest absolute Gasteiger partial charge is 0.386 e. The van der Waals surface area contributed by atoms with Gasteiger partial charge in [0.25, 0.3) is 5.91 Å². The maximum absolute atomic E-state index is 11.1. The highest BCUT2D eigenvalue weighted by Gasteiger charge is 1.99. The fraction of sp³-hybridized carbons (Fsp3) is 0.800. The first-order valence-electron chi connectivity index (χ1n) is 5.06. The lowest BCUT2D eigenvalue weighted by Gasteiger charge is -2.03. The van der Waals surface area contributed by atoms with Gasteiger partial charge in [0.15, 0.2) is 6.61 Å². The highest BCUT2D eigenvalue weighted by Crippen LogP contribution is 1.90. The molecule has 0 saturated heterocycles. The van der Waals surface area contributed by atoms with Gasteiger partial charge in [0.2, 0.25) is 0 Å². The van der Waals surface area contributed by atoms with Gasteiger partial charge in [-0.15, -0.1) is 0 Å². The third kappa shape index (κ3) is 9.03. The summed E-state index contributed by atoms with van der Waals surface area (Å²) in [4.78, 5) is 15.9. The highest BCUT2D eigenvalue weighted by molar-refractivity contribution is 5.79. The van der Waals surface area contributed by atoms with Crippen LogP contribution in [0.15, 0.2) is 5.16 Å². The number of amides is 1. The molecular weight excluding hydrogens is 180 g/mol. The minimum atomic E-state index is -0.105. The fourth-order valence-corrected chi connectivity index (χ4v) is 0.874. The first kappa shape index (κ1) is 12.9. The van der Waals surface area contributed by atoms with Crippen molar-refractivity contribution in [1.82, 2.24) is 5.32 Å². The van der Waals surface area contributed by atoms with Crippen LogP contribution >= 0.6 is 0 Å². The van der Waals surface area contributed by atoms with E-state index in [-0.39, 0.29) is 12.5 Å². The number of hydrogen-bond acceptors (Lipinski definition) is 3. The molecule has 0 saturated carbocycles. The molecule has 0 atom stereocenters. The Morgan fingerprint density at radius 2 is 2.07 bits per heavy atom. The van der Waals surface area contributed by atoms with Gasteiger partial charge in [-0.2, -0.15) is 0 Å². The van der Waals surface area contributed by atoms with Crippen molar-refractivity contribution in [1.29, 1.82) is 0 Å². The van der Waals surface area contributed by atoms with E-state index in [1.807, 2.05) is 13.8 Å². The third-order valence-corrected chi connectivity index (χ3v) is 1.55. The quantitative estimate of drug-likeness (QED) is 0.386. The van der Waals surface area contributed by atoms with Crippen LogP contribution in [0.5, 0.6) is 0 Å². The Morgan fingerprint density at radius 3 is 2.64 bits per heavy atom. The van der Waals surface area contributed by atoms with Crippen LogP contribution in [0.25, 0.3) is 0 Å². The zero-order chi connectivity index (χ0) is 10.8. The summed E-state index contributed by atoms with van der Waals surface area (Å²) in [6.07, 6.45) is 3.33. The maximum atomic E-state index is 11.1. The normalized spacial score (nSPS) is 9.36. The van der Waals surface area contributed by atoms with Crippen LogP contribution in [-0.2, 0) is 9.63 Å². The Balaban J connectivity index is 3.33. The highest BCUT2D eigenvalue weighted by atomic mass is 16.6. The molecule has 0 radical (unpaired) electrons. The van der Waals surface area contributed by atoms with E-state index < -0.39 is 0 Å². The number of hydrogen-bond donors (Lipinski definition) is 1. The number of oxime groups is 1. The van der Waals surface area contributed by atoms with E-state index in [0.717, 1.165) is 31.5 Å². The van der Waals surface area contributed by atoms with E-state index in [0.29, 0.717) is 0 Å². The summed E-state index contributed by atoms with van der Waals surface area (Å²) in [5.41, 5.74) is 0.809. The van der Waals surface area contributed by atoms with Gasteiger partial charge in [-0.3, -0.25) is 4.79 Å². The molecule has 0 bridgehead atoms. The molecule has 4 nitrogen and oxygen atoms in total. The summed E-state index contributed by atoms with van der Waals surface area (Å²) in [6, 6.07) is 0. The molecule has 0 aliphatic carbocycles. The second-order valence-corrected chi connectivity index (χ2v) is 3.37. The van der Waals surface area contributed by atoms with Crippen LogP contribution in [0.1, 0.15) is 40.0 Å². The first-order chi connectivity index (χ1) is 6.66. The van der Waals surface area contributed by atoms with Gasteiger partial charge in [0, 0.05) is 6.54 Å². The molecule has 0 unspecified atom stereocenters. The van der Waals surface area contributed by atoms with E-state index in [4.69, 9.17) is 4.84 Å². The maximum Gasteiger partial charge on any atom is 0.260 e. The van der Waals surface area contributed by atoms with Gasteiger partial charge in [-0.25, -0.2) is 0 Å². The average molecular weight is 200 g/mol. The van der Waals surface area contributed by atoms with Crippen molar-refractivity contribution in [2.75, 3.05) is 13.2 Å². The molecule has 0 rings (SSSR count). The van der Waals surface area contributed by atoms with Crippen molar-refractivity contribution in [3.8, 4) is 0 Å². The van der Waals surface area contributed by atoms with Crippen LogP contribution in [0.2, 0.25) is 0 Å². The molecule has 0 aliphatic rings. The van der Waals surface area contributed by atoms with E-state index in [1.165, 1.54) is 0 Å². The molecule has 0 heterocycles. The summed E-state index contributed by atoms with van der Waals surface area (Å²) in [5, 5.41) is 6.42. The molecule has 14 heavy (non-hydrogen) atoms. The Bertz CT molecular complexity index is 187. The number of unbranched alkanes of at least 4 members (excludes halogenated alkanes) is 2. The Labute approximate surface area is 85.7 Å². The van der Waals surface area contributed by atoms with Gasteiger partial charge in [-0.1, -0.05) is 24.9 Å². The lowest BCUT2D eigenvalue weighted by molar-refractivity contribution is -0.125. The number of nitrogens with zero attached hydrogens (tertiary/aromatic N) is 1. The summed E-state index contributed by atoms with van der Waals surface area (Å²) in [7, 11) is 0. The second-order valence-electron chi connectivity index (χ2n) is 3.37. The van der Waals surface area contributed by atoms with E-state index >= 15 is 0 Å². The van der Waals surface area contributed by atoms with E-state index in [2.05, 4.69) is 17.4 Å². The summed E-state index contributed by atoms with van der Waals surface area (Å²) in [6.45, 7) is 6.50. The van der Waals surface area contributed by atoms with Gasteiger partial charge < -0.3 is 10.2 Å². The standard InChI is InChI=1S/C10H20N2O2/c1-4-5-6-7-11-10(13)8-14-12-9(2)3/h4-8H2,1-3H3,(H,11,13). The average Bonchev–Trinajstić information content (AvgIpc) is 2.12. The zero-order valence-corrected chi connectivity index (χ0v) is 9.30. The van der Waals surface area contributed by atoms with Gasteiger partial charge in [0.1, 0.15) is 0 Å². The predicted octanol–water partition coefficient (Wildman–Crippen LogP) is 1.71. The zero-order valence-electron chi connectivity index (χ0n) is 9.30. The van der Waals surface area contributed by atoms with E-state index in [9.17, 15) is 4.79 Å². The SMILES string of the molecule is CCCCCNC(=O)CON=C(C)C. The number of nitrogens with one attached hydrogen (secondary N) is 1. The van der Waals surface area contributed by atoms with Gasteiger partial charge in [-0.05, 0) is 20.3 Å². The Morgan fingerprint density at radius 1 is 1.36 bits per heavy atom. The monoisotopic (exact) mass is 200 g/mol. The third-order valence-electron chi connectivity index (χ3n) is 1.55. The molecular formula is C10H20N2O2. The van der Waals surface area contributed by atoms with Crippen LogP contribution in [-0.4, -0.2) is 24.8 Å². The van der Waals surface area contributed by atoms with Crippen LogP contribution < -0.4 is 5.32 Å². The van der Waals surface area contributed by atoms with Crippen molar-refractivity contribution in [2.45, 2.75) is 40.0 Å². The summed E-state index contributed by atoms with van der Waals surface area (Å²) >= 11 is 0. The van der Waals surface area contributed by atoms with Crippen LogP contribution in [0, 0.1) is 0 Å². The molecule has 0 aromatic rings. The lowest BCUT2D eigenvalue weighted by atomic mass is 10.2. The first-order valence-corrected chi connectivity index (χ1v) is 5.06. The molecule has 1 amide bonds. The van der Waals surface area contributed by atoms with E-state index in [1.54, 1.807) is 0 Å². The number of carbonyl (C=O) groups excluding carboxylic acids is 1. The molecule has 82 valence electrons. The lowest BCUT2D eigenvalue weighted by Crippen LogP contribution is -2.27. The molecule has 0 aromatic carbocycles. The molecule has 0 aromatic heterocycles. The topological polar surface area (TPSA) is 50.7 Å². The Kier molecular flexibility index (Phi) is 7.89. The molecule has 4 heteroatoms. The number of rotatable bonds is 7. The summed E-state index contributed by atoms with van der Waals surface area (Å²) < 4.78 is 0. The van der Waals surface area contributed by atoms with Gasteiger partial charge >= 0.3 is 0 Å². The molecule has 1 N–H and O–H groups in total. The fourth-order valence-electron chi connectivity index (χ4n) is 0.874. The van der Waals surface area contributed by atoms with Crippen LogP contribution in [0.4, 0.5) is 0 Å². The molecule has 0 spiro atoms. The van der Waals surface area contributed by atoms with Crippen molar-refractivity contribution in [3.05, 3.63) is 0 Å². The Hall–Kier alpha value is -1.06. The van der Waals surface area contributed by atoms with Crippen molar-refractivity contribution >= 4 is 11.6 Å². The van der Waals surface area contributed by atoms with Crippen molar-refractivity contribution in [2.24, 2.45) is 5.16 Å². The summed E-state index contributed by atoms with van der Waals surface area (Å²) in [5.74, 6) is -0.105. The minimum Gasteiger partial charge on any atom is -0.386 e. The second kappa shape index (κ2) is 8.53. The number of carbonyl (C=O) groups is 1. The van der Waals surface area contributed by atoms with Crippen molar-refractivity contribution in [3.63, 3.8) is 0 Å². The predicted molar refractivity (Wildman–Crippen MR) is 57.3 cm³/mol. The molecule has 0 aliphatic heterocycles. The van der Waals surface area contributed by atoms with Crippen molar-refractivity contribution < 1.29 is 9.63 Å². The van der Waals surface area contributed by atoms with Crippen LogP contribution in [0.3, 0.4) is 0 Å². The smallest absolute Gasteiger partial charge is 0.260 e. The minimum absolute atomic E-state index is 0.0112. The van der Waals surface area contributed by atoms with Gasteiger partial charge in [0.05, 0.1) is 5.71 Å².